The molecule has 3 nitrogen and oxygen atoms in total. The van der Waals surface area contributed by atoms with E-state index >= 15 is 0 Å². The quantitative estimate of drug-likeness (QED) is 0.871. The monoisotopic (exact) mass is 343 g/mol. The van der Waals surface area contributed by atoms with Gasteiger partial charge in [0.05, 0.1) is 23.1 Å². The number of aromatic nitrogens is 1. The normalized spacial score (nSPS) is 10.7. The highest BCUT2D eigenvalue weighted by molar-refractivity contribution is 9.11. The molecule has 0 radical (unpaired) electrons. The molecule has 0 aliphatic rings. The van der Waals surface area contributed by atoms with Crippen LogP contribution < -0.4 is 11.1 Å². The third kappa shape index (κ3) is 2.01. The molecule has 0 aliphatic carbocycles. The third-order valence-corrected chi connectivity index (χ3v) is 3.33. The summed E-state index contributed by atoms with van der Waals surface area (Å²) in [5.41, 5.74) is 8.43. The summed E-state index contributed by atoms with van der Waals surface area (Å²) in [5, 5.41) is 4.28. The highest BCUT2D eigenvalue weighted by atomic mass is 79.9. The zero-order valence-electron chi connectivity index (χ0n) is 8.72. The van der Waals surface area contributed by atoms with E-state index in [1.165, 1.54) is 0 Å². The minimum atomic E-state index is 0.666. The van der Waals surface area contributed by atoms with Crippen molar-refractivity contribution in [3.8, 4) is 0 Å². The molecular weight excluding hydrogens is 334 g/mol. The molecule has 16 heavy (non-hydrogen) atoms. The Morgan fingerprint density at radius 3 is 2.81 bits per heavy atom. The first kappa shape index (κ1) is 11.7. The van der Waals surface area contributed by atoms with Gasteiger partial charge in [-0.05, 0) is 35.0 Å². The van der Waals surface area contributed by atoms with Crippen LogP contribution in [0.25, 0.3) is 10.9 Å². The fraction of sp³-hybridized carbons (Fsp3) is 0.182. The Bertz CT molecular complexity index is 540. The maximum absolute atomic E-state index is 5.92. The molecule has 84 valence electrons. The van der Waals surface area contributed by atoms with E-state index in [9.17, 15) is 0 Å². The van der Waals surface area contributed by atoms with E-state index in [-0.39, 0.29) is 0 Å². The van der Waals surface area contributed by atoms with Crippen LogP contribution in [0.3, 0.4) is 0 Å². The van der Waals surface area contributed by atoms with E-state index < -0.39 is 0 Å². The Morgan fingerprint density at radius 2 is 2.12 bits per heavy atom. The van der Waals surface area contributed by atoms with Crippen molar-refractivity contribution in [2.45, 2.75) is 6.92 Å². The average Bonchev–Trinajstić information content (AvgIpc) is 2.22. The van der Waals surface area contributed by atoms with Crippen molar-refractivity contribution in [3.05, 3.63) is 27.3 Å². The number of nitrogens with one attached hydrogen (secondary N) is 1. The zero-order chi connectivity index (χ0) is 11.7. The van der Waals surface area contributed by atoms with Gasteiger partial charge < -0.3 is 11.1 Å². The first-order valence-electron chi connectivity index (χ1n) is 4.90. The molecule has 0 saturated carbocycles. The maximum atomic E-state index is 5.92. The van der Waals surface area contributed by atoms with Gasteiger partial charge in [-0.15, -0.1) is 0 Å². The largest absolute Gasteiger partial charge is 0.396 e. The van der Waals surface area contributed by atoms with Gasteiger partial charge in [-0.1, -0.05) is 15.9 Å². The van der Waals surface area contributed by atoms with Crippen molar-refractivity contribution in [3.63, 3.8) is 0 Å². The molecule has 0 bridgehead atoms. The van der Waals surface area contributed by atoms with Crippen LogP contribution >= 0.6 is 31.9 Å². The summed E-state index contributed by atoms with van der Waals surface area (Å²) in [6.07, 6.45) is 1.68. The molecule has 5 heteroatoms. The molecule has 2 aromatic rings. The first-order valence-corrected chi connectivity index (χ1v) is 6.49. The summed E-state index contributed by atoms with van der Waals surface area (Å²) >= 11 is 6.96. The number of nitrogens with zero attached hydrogens (tertiary/aromatic N) is 1. The van der Waals surface area contributed by atoms with E-state index in [1.807, 2.05) is 19.1 Å². The van der Waals surface area contributed by atoms with Crippen LogP contribution in [0.15, 0.2) is 27.3 Å². The molecule has 1 aromatic carbocycles. The highest BCUT2D eigenvalue weighted by Crippen LogP contribution is 2.34. The van der Waals surface area contributed by atoms with Crippen molar-refractivity contribution >= 4 is 54.1 Å². The molecule has 0 unspecified atom stereocenters. The van der Waals surface area contributed by atoms with Crippen LogP contribution in [-0.4, -0.2) is 11.5 Å². The molecule has 0 amide bonds. The minimum Gasteiger partial charge on any atom is -0.396 e. The van der Waals surface area contributed by atoms with Gasteiger partial charge in [0.25, 0.3) is 0 Å². The van der Waals surface area contributed by atoms with Gasteiger partial charge in [-0.25, -0.2) is 0 Å². The lowest BCUT2D eigenvalue weighted by Crippen LogP contribution is -2.02. The Labute approximate surface area is 111 Å². The van der Waals surface area contributed by atoms with Crippen molar-refractivity contribution in [1.82, 2.24) is 4.98 Å². The number of hydrogen-bond acceptors (Lipinski definition) is 3. The van der Waals surface area contributed by atoms with Gasteiger partial charge in [-0.2, -0.15) is 0 Å². The number of hydrogen-bond donors (Lipinski definition) is 2. The Balaban J connectivity index is 2.80. The van der Waals surface area contributed by atoms with E-state index in [4.69, 9.17) is 5.73 Å². The van der Waals surface area contributed by atoms with Crippen LogP contribution in [0.1, 0.15) is 6.92 Å². The summed E-state index contributed by atoms with van der Waals surface area (Å²) in [7, 11) is 0. The van der Waals surface area contributed by atoms with E-state index in [1.54, 1.807) is 6.20 Å². The molecule has 0 aliphatic heterocycles. The Morgan fingerprint density at radius 1 is 1.38 bits per heavy atom. The average molecular weight is 345 g/mol. The van der Waals surface area contributed by atoms with Gasteiger partial charge in [0.1, 0.15) is 0 Å². The number of anilines is 2. The summed E-state index contributed by atoms with van der Waals surface area (Å²) < 4.78 is 1.95. The van der Waals surface area contributed by atoms with Gasteiger partial charge in [-0.3, -0.25) is 4.98 Å². The topological polar surface area (TPSA) is 50.9 Å². The van der Waals surface area contributed by atoms with Gasteiger partial charge in [0, 0.05) is 20.9 Å². The number of pyridine rings is 1. The Kier molecular flexibility index (Phi) is 3.35. The molecular formula is C11H11Br2N3. The minimum absolute atomic E-state index is 0.666. The molecule has 1 heterocycles. The third-order valence-electron chi connectivity index (χ3n) is 2.27. The van der Waals surface area contributed by atoms with Gasteiger partial charge in [0.2, 0.25) is 0 Å². The number of nitrogens with two attached hydrogens (primary N) is 1. The maximum Gasteiger partial charge on any atom is 0.0867 e. The predicted molar refractivity (Wildman–Crippen MR) is 75.7 cm³/mol. The number of fused-ring (bicyclic) bond motifs is 1. The standard InChI is InChI=1S/C11H11Br2N3/c1-2-15-11-7-3-6(12)4-8(13)10(7)16-5-9(11)14/h3-5H,2,14H2,1H3,(H,15,16). The summed E-state index contributed by atoms with van der Waals surface area (Å²) in [5.74, 6) is 0. The summed E-state index contributed by atoms with van der Waals surface area (Å²) in [4.78, 5) is 4.33. The lowest BCUT2D eigenvalue weighted by atomic mass is 10.1. The van der Waals surface area contributed by atoms with Crippen LogP contribution in [0.2, 0.25) is 0 Å². The van der Waals surface area contributed by atoms with Crippen LogP contribution in [0.4, 0.5) is 11.4 Å². The number of halogens is 2. The lowest BCUT2D eigenvalue weighted by molar-refractivity contribution is 1.21. The zero-order valence-corrected chi connectivity index (χ0v) is 11.9. The molecule has 3 N–H and O–H groups in total. The molecule has 0 atom stereocenters. The molecule has 0 fully saturated rings. The Hall–Kier alpha value is -0.810. The first-order chi connectivity index (χ1) is 7.63. The SMILES string of the molecule is CCNc1c(N)cnc2c(Br)cc(Br)cc12. The molecule has 1 aromatic heterocycles. The summed E-state index contributed by atoms with van der Waals surface area (Å²) in [6.45, 7) is 2.87. The lowest BCUT2D eigenvalue weighted by Gasteiger charge is -2.11. The van der Waals surface area contributed by atoms with Crippen molar-refractivity contribution in [2.24, 2.45) is 0 Å². The van der Waals surface area contributed by atoms with E-state index in [2.05, 4.69) is 42.2 Å². The van der Waals surface area contributed by atoms with E-state index in [0.717, 1.165) is 32.1 Å². The van der Waals surface area contributed by atoms with Crippen LogP contribution in [-0.2, 0) is 0 Å². The van der Waals surface area contributed by atoms with Crippen molar-refractivity contribution < 1.29 is 0 Å². The van der Waals surface area contributed by atoms with Crippen molar-refractivity contribution in [1.29, 1.82) is 0 Å². The number of nitrogen functional groups attached to an aromatic ring is 1. The van der Waals surface area contributed by atoms with Gasteiger partial charge in [0.15, 0.2) is 0 Å². The van der Waals surface area contributed by atoms with Crippen molar-refractivity contribution in [2.75, 3.05) is 17.6 Å². The second kappa shape index (κ2) is 4.59. The molecule has 0 saturated heterocycles. The van der Waals surface area contributed by atoms with Gasteiger partial charge >= 0.3 is 0 Å². The second-order valence-corrected chi connectivity index (χ2v) is 5.17. The number of rotatable bonds is 2. The number of benzene rings is 1. The predicted octanol–water partition coefficient (Wildman–Crippen LogP) is 3.77. The fourth-order valence-corrected chi connectivity index (χ4v) is 2.94. The van der Waals surface area contributed by atoms with Crippen LogP contribution in [0.5, 0.6) is 0 Å². The molecule has 0 spiro atoms. The van der Waals surface area contributed by atoms with Crippen LogP contribution in [0, 0.1) is 0 Å². The summed E-state index contributed by atoms with van der Waals surface area (Å²) in [6, 6.07) is 3.99. The fourth-order valence-electron chi connectivity index (χ4n) is 1.62. The molecule has 2 rings (SSSR count). The highest BCUT2D eigenvalue weighted by Gasteiger charge is 2.09. The second-order valence-electron chi connectivity index (χ2n) is 3.40. The smallest absolute Gasteiger partial charge is 0.0867 e. The van der Waals surface area contributed by atoms with E-state index in [0.29, 0.717) is 5.69 Å².